The summed E-state index contributed by atoms with van der Waals surface area (Å²) in [6, 6.07) is 12.3. The highest BCUT2D eigenvalue weighted by Gasteiger charge is 2.19. The van der Waals surface area contributed by atoms with Gasteiger partial charge in [0.15, 0.2) is 0 Å². The average Bonchev–Trinajstić information content (AvgIpc) is 2.53. The second-order valence-corrected chi connectivity index (χ2v) is 5.94. The quantitative estimate of drug-likeness (QED) is 0.777. The minimum absolute atomic E-state index is 0.0149. The third kappa shape index (κ3) is 3.86. The molecule has 1 unspecified atom stereocenters. The Morgan fingerprint density at radius 3 is 2.45 bits per heavy atom. The molecule has 22 heavy (non-hydrogen) atoms. The highest BCUT2D eigenvalue weighted by atomic mass is 16.5. The molecule has 0 spiro atoms. The molecule has 0 saturated heterocycles. The van der Waals surface area contributed by atoms with Crippen LogP contribution in [0.5, 0.6) is 5.75 Å². The molecule has 118 valence electrons. The van der Waals surface area contributed by atoms with Crippen molar-refractivity contribution in [3.8, 4) is 5.75 Å². The van der Waals surface area contributed by atoms with E-state index < -0.39 is 0 Å². The van der Waals surface area contributed by atoms with Gasteiger partial charge in [-0.15, -0.1) is 0 Å². The number of fused-ring (bicyclic) bond motifs is 1. The number of rotatable bonds is 7. The first-order chi connectivity index (χ1) is 10.5. The number of nitrogens with zero attached hydrogens (tertiary/aromatic N) is 1. The van der Waals surface area contributed by atoms with Gasteiger partial charge >= 0.3 is 0 Å². The maximum Gasteiger partial charge on any atom is 0.140 e. The minimum Gasteiger partial charge on any atom is -0.497 e. The zero-order chi connectivity index (χ0) is 16.1. The molecule has 0 fully saturated rings. The zero-order valence-corrected chi connectivity index (χ0v) is 13.9. The summed E-state index contributed by atoms with van der Waals surface area (Å²) in [5.74, 6) is 1.16. The fourth-order valence-electron chi connectivity index (χ4n) is 2.73. The van der Waals surface area contributed by atoms with Crippen molar-refractivity contribution in [2.45, 2.75) is 25.7 Å². The van der Waals surface area contributed by atoms with E-state index in [4.69, 9.17) is 4.74 Å². The summed E-state index contributed by atoms with van der Waals surface area (Å²) in [4.78, 5) is 14.4. The molecule has 0 aromatic heterocycles. The summed E-state index contributed by atoms with van der Waals surface area (Å²) in [6.07, 6.45) is 1.44. The SMILES string of the molecule is CCC(=O)C(CCN(C)C)c1ccc2cc(OC)ccc2c1. The Bertz CT molecular complexity index is 649. The van der Waals surface area contributed by atoms with Gasteiger partial charge in [0.1, 0.15) is 11.5 Å². The largest absolute Gasteiger partial charge is 0.497 e. The van der Waals surface area contributed by atoms with Crippen LogP contribution in [0.3, 0.4) is 0 Å². The normalized spacial score (nSPS) is 12.6. The van der Waals surface area contributed by atoms with E-state index in [-0.39, 0.29) is 5.92 Å². The van der Waals surface area contributed by atoms with E-state index in [1.165, 1.54) is 0 Å². The van der Waals surface area contributed by atoms with Crippen molar-refractivity contribution in [3.05, 3.63) is 42.0 Å². The number of Topliss-reactive ketones (excluding diaryl/α,β-unsaturated/α-hetero) is 1. The van der Waals surface area contributed by atoms with Crippen molar-refractivity contribution < 1.29 is 9.53 Å². The van der Waals surface area contributed by atoms with Crippen LogP contribution >= 0.6 is 0 Å². The van der Waals surface area contributed by atoms with Crippen LogP contribution in [0.25, 0.3) is 10.8 Å². The third-order valence-corrected chi connectivity index (χ3v) is 4.08. The summed E-state index contributed by atoms with van der Waals surface area (Å²) in [6.45, 7) is 2.86. The van der Waals surface area contributed by atoms with Crippen LogP contribution in [0.1, 0.15) is 31.2 Å². The van der Waals surface area contributed by atoms with Crippen molar-refractivity contribution in [1.82, 2.24) is 4.90 Å². The summed E-state index contributed by atoms with van der Waals surface area (Å²) in [7, 11) is 5.76. The first kappa shape index (κ1) is 16.5. The van der Waals surface area contributed by atoms with Crippen molar-refractivity contribution in [3.63, 3.8) is 0 Å². The first-order valence-corrected chi connectivity index (χ1v) is 7.80. The van der Waals surface area contributed by atoms with Crippen LogP contribution in [0.15, 0.2) is 36.4 Å². The van der Waals surface area contributed by atoms with Gasteiger partial charge in [0.2, 0.25) is 0 Å². The lowest BCUT2D eigenvalue weighted by Gasteiger charge is -2.19. The third-order valence-electron chi connectivity index (χ3n) is 4.08. The van der Waals surface area contributed by atoms with Crippen molar-refractivity contribution in [2.24, 2.45) is 0 Å². The fourth-order valence-corrected chi connectivity index (χ4v) is 2.73. The maximum atomic E-state index is 12.3. The Morgan fingerprint density at radius 1 is 1.14 bits per heavy atom. The van der Waals surface area contributed by atoms with Crippen LogP contribution in [0.4, 0.5) is 0 Å². The fraction of sp³-hybridized carbons (Fsp3) is 0.421. The van der Waals surface area contributed by atoms with Crippen molar-refractivity contribution >= 4 is 16.6 Å². The molecule has 0 N–H and O–H groups in total. The Hall–Kier alpha value is -1.87. The lowest BCUT2D eigenvalue weighted by Crippen LogP contribution is -2.20. The number of carbonyl (C=O) groups is 1. The number of ether oxygens (including phenoxy) is 1. The number of carbonyl (C=O) groups excluding carboxylic acids is 1. The molecule has 0 amide bonds. The number of hydrogen-bond acceptors (Lipinski definition) is 3. The second kappa shape index (κ2) is 7.41. The molecular formula is C19H25NO2. The van der Waals surface area contributed by atoms with E-state index in [1.807, 2.05) is 33.2 Å². The Kier molecular flexibility index (Phi) is 5.56. The molecule has 0 aliphatic heterocycles. The highest BCUT2D eigenvalue weighted by Crippen LogP contribution is 2.28. The zero-order valence-electron chi connectivity index (χ0n) is 13.9. The lowest BCUT2D eigenvalue weighted by atomic mass is 9.89. The first-order valence-electron chi connectivity index (χ1n) is 7.80. The number of ketones is 1. The van der Waals surface area contributed by atoms with Gasteiger partial charge < -0.3 is 9.64 Å². The van der Waals surface area contributed by atoms with Gasteiger partial charge in [-0.2, -0.15) is 0 Å². The van der Waals surface area contributed by atoms with Crippen molar-refractivity contribution in [2.75, 3.05) is 27.7 Å². The summed E-state index contributed by atoms with van der Waals surface area (Å²) in [5.41, 5.74) is 1.12. The second-order valence-electron chi connectivity index (χ2n) is 5.94. The summed E-state index contributed by atoms with van der Waals surface area (Å²) < 4.78 is 5.26. The molecular weight excluding hydrogens is 274 g/mol. The molecule has 2 aromatic carbocycles. The van der Waals surface area contributed by atoms with Gasteiger partial charge in [-0.05, 0) is 55.5 Å². The number of hydrogen-bond donors (Lipinski definition) is 0. The molecule has 0 saturated carbocycles. The maximum absolute atomic E-state index is 12.3. The Balaban J connectivity index is 2.34. The predicted octanol–water partition coefficient (Wildman–Crippen LogP) is 3.86. The van der Waals surface area contributed by atoms with Crippen LogP contribution in [-0.2, 0) is 4.79 Å². The van der Waals surface area contributed by atoms with Gasteiger partial charge in [-0.25, -0.2) is 0 Å². The molecule has 1 atom stereocenters. The van der Waals surface area contributed by atoms with Crippen LogP contribution in [-0.4, -0.2) is 38.4 Å². The molecule has 2 aromatic rings. The number of methoxy groups -OCH3 is 1. The van der Waals surface area contributed by atoms with Gasteiger partial charge in [-0.1, -0.05) is 31.2 Å². The minimum atomic E-state index is -0.0149. The van der Waals surface area contributed by atoms with E-state index in [2.05, 4.69) is 29.2 Å². The van der Waals surface area contributed by atoms with Gasteiger partial charge in [0.05, 0.1) is 7.11 Å². The van der Waals surface area contributed by atoms with Crippen LogP contribution < -0.4 is 4.74 Å². The van der Waals surface area contributed by atoms with E-state index in [0.717, 1.165) is 35.1 Å². The summed E-state index contributed by atoms with van der Waals surface area (Å²) in [5, 5.41) is 2.29. The molecule has 0 radical (unpaired) electrons. The van der Waals surface area contributed by atoms with Gasteiger partial charge in [0.25, 0.3) is 0 Å². The standard InChI is InChI=1S/C19H25NO2/c1-5-19(21)18(10-11-20(2)3)16-7-6-15-13-17(22-4)9-8-14(15)12-16/h6-9,12-13,18H,5,10-11H2,1-4H3. The van der Waals surface area contributed by atoms with Gasteiger partial charge in [-0.3, -0.25) is 4.79 Å². The average molecular weight is 299 g/mol. The van der Waals surface area contributed by atoms with E-state index in [0.29, 0.717) is 12.2 Å². The molecule has 0 aliphatic carbocycles. The predicted molar refractivity (Wildman–Crippen MR) is 91.7 cm³/mol. The molecule has 3 nitrogen and oxygen atoms in total. The van der Waals surface area contributed by atoms with Crippen LogP contribution in [0.2, 0.25) is 0 Å². The van der Waals surface area contributed by atoms with Crippen LogP contribution in [0, 0.1) is 0 Å². The highest BCUT2D eigenvalue weighted by molar-refractivity contribution is 5.89. The molecule has 2 rings (SSSR count). The van der Waals surface area contributed by atoms with Gasteiger partial charge in [0, 0.05) is 12.3 Å². The lowest BCUT2D eigenvalue weighted by molar-refractivity contribution is -0.120. The topological polar surface area (TPSA) is 29.5 Å². The molecule has 0 aliphatic rings. The Labute approximate surface area is 132 Å². The molecule has 0 bridgehead atoms. The number of benzene rings is 2. The Morgan fingerprint density at radius 2 is 1.82 bits per heavy atom. The smallest absolute Gasteiger partial charge is 0.140 e. The van der Waals surface area contributed by atoms with Crippen molar-refractivity contribution in [1.29, 1.82) is 0 Å². The van der Waals surface area contributed by atoms with E-state index >= 15 is 0 Å². The monoisotopic (exact) mass is 299 g/mol. The molecule has 0 heterocycles. The van der Waals surface area contributed by atoms with E-state index in [9.17, 15) is 4.79 Å². The summed E-state index contributed by atoms with van der Waals surface area (Å²) >= 11 is 0. The molecule has 3 heteroatoms. The van der Waals surface area contributed by atoms with E-state index in [1.54, 1.807) is 7.11 Å².